The highest BCUT2D eigenvalue weighted by molar-refractivity contribution is 5.15. The zero-order chi connectivity index (χ0) is 13.3. The Morgan fingerprint density at radius 2 is 1.94 bits per heavy atom. The summed E-state index contributed by atoms with van der Waals surface area (Å²) in [4.78, 5) is 1.41. The molecule has 1 unspecified atom stereocenters. The van der Waals surface area contributed by atoms with Crippen LogP contribution in [0.3, 0.4) is 0 Å². The maximum absolute atomic E-state index is 12.7. The van der Waals surface area contributed by atoms with E-state index in [0.29, 0.717) is 19.5 Å². The highest BCUT2D eigenvalue weighted by Gasteiger charge is 2.42. The molecule has 0 saturated heterocycles. The smallest absolute Gasteiger partial charge is 0.329 e. The van der Waals surface area contributed by atoms with Crippen LogP contribution in [-0.2, 0) is 0 Å². The Balaban J connectivity index is 2.71. The highest BCUT2D eigenvalue weighted by atomic mass is 19.4. The summed E-state index contributed by atoms with van der Waals surface area (Å²) in [5.41, 5.74) is 6.50. The third-order valence-corrected chi connectivity index (χ3v) is 3.25. The molecule has 0 aliphatic carbocycles. The number of alkyl halides is 3. The molecule has 17 heavy (non-hydrogen) atoms. The van der Waals surface area contributed by atoms with E-state index in [1.807, 2.05) is 6.08 Å². The van der Waals surface area contributed by atoms with Gasteiger partial charge in [0.05, 0.1) is 0 Å². The van der Waals surface area contributed by atoms with Crippen molar-refractivity contribution in [3.63, 3.8) is 0 Å². The van der Waals surface area contributed by atoms with Crippen molar-refractivity contribution >= 4 is 0 Å². The lowest BCUT2D eigenvalue weighted by atomic mass is 9.83. The van der Waals surface area contributed by atoms with E-state index in [4.69, 9.17) is 5.73 Å². The molecule has 1 heterocycles. The van der Waals surface area contributed by atoms with E-state index in [2.05, 4.69) is 20.8 Å². The molecule has 0 saturated carbocycles. The summed E-state index contributed by atoms with van der Waals surface area (Å²) < 4.78 is 38.1. The standard InChI is InChI=1S/C12H21F3N2/c1-11(2,3)9-4-6-17(7-5-9)10(8-16)12(13,14)15/h4,10H,5-8,16H2,1-3H3. The fraction of sp³-hybridized carbons (Fsp3) is 0.833. The average Bonchev–Trinajstić information content (AvgIpc) is 2.16. The maximum atomic E-state index is 12.7. The van der Waals surface area contributed by atoms with Gasteiger partial charge in [-0.1, -0.05) is 32.4 Å². The highest BCUT2D eigenvalue weighted by Crippen LogP contribution is 2.32. The first-order valence-electron chi connectivity index (χ1n) is 5.86. The van der Waals surface area contributed by atoms with Crippen molar-refractivity contribution in [2.75, 3.05) is 19.6 Å². The first-order valence-corrected chi connectivity index (χ1v) is 5.86. The Morgan fingerprint density at radius 1 is 1.35 bits per heavy atom. The van der Waals surface area contributed by atoms with Crippen LogP contribution in [0.2, 0.25) is 0 Å². The number of hydrogen-bond acceptors (Lipinski definition) is 2. The molecule has 0 aromatic carbocycles. The summed E-state index contributed by atoms with van der Waals surface area (Å²) in [6.45, 7) is 6.65. The summed E-state index contributed by atoms with van der Waals surface area (Å²) in [6, 6.07) is -1.51. The molecule has 0 radical (unpaired) electrons. The van der Waals surface area contributed by atoms with Crippen LogP contribution in [0.15, 0.2) is 11.6 Å². The van der Waals surface area contributed by atoms with Gasteiger partial charge in [0.1, 0.15) is 6.04 Å². The molecular formula is C12H21F3N2. The van der Waals surface area contributed by atoms with Gasteiger partial charge in [0.2, 0.25) is 0 Å². The summed E-state index contributed by atoms with van der Waals surface area (Å²) in [5, 5.41) is 0. The largest absolute Gasteiger partial charge is 0.405 e. The SMILES string of the molecule is CC(C)(C)C1=CCN(C(CN)C(F)(F)F)CC1. The first kappa shape index (κ1) is 14.5. The lowest BCUT2D eigenvalue weighted by Gasteiger charge is -2.37. The normalized spacial score (nSPS) is 21.2. The van der Waals surface area contributed by atoms with Gasteiger partial charge in [-0.15, -0.1) is 0 Å². The predicted octanol–water partition coefficient (Wildman–Crippen LogP) is 2.55. The van der Waals surface area contributed by atoms with Gasteiger partial charge in [0.25, 0.3) is 0 Å². The lowest BCUT2D eigenvalue weighted by Crippen LogP contribution is -2.51. The van der Waals surface area contributed by atoms with Crippen molar-refractivity contribution in [1.82, 2.24) is 4.90 Å². The van der Waals surface area contributed by atoms with Crippen molar-refractivity contribution in [1.29, 1.82) is 0 Å². The molecule has 0 aromatic rings. The van der Waals surface area contributed by atoms with Crippen LogP contribution in [0.5, 0.6) is 0 Å². The second-order valence-corrected chi connectivity index (χ2v) is 5.52. The van der Waals surface area contributed by atoms with Crippen molar-refractivity contribution in [2.24, 2.45) is 11.1 Å². The summed E-state index contributed by atoms with van der Waals surface area (Å²) in [7, 11) is 0. The maximum Gasteiger partial charge on any atom is 0.405 e. The lowest BCUT2D eigenvalue weighted by molar-refractivity contribution is -0.180. The van der Waals surface area contributed by atoms with Gasteiger partial charge in [-0.2, -0.15) is 13.2 Å². The Bertz CT molecular complexity index is 289. The van der Waals surface area contributed by atoms with Gasteiger partial charge in [-0.3, -0.25) is 4.90 Å². The van der Waals surface area contributed by atoms with E-state index in [0.717, 1.165) is 0 Å². The van der Waals surface area contributed by atoms with E-state index in [1.165, 1.54) is 10.5 Å². The molecule has 0 bridgehead atoms. The average molecular weight is 250 g/mol. The van der Waals surface area contributed by atoms with Crippen molar-refractivity contribution < 1.29 is 13.2 Å². The van der Waals surface area contributed by atoms with E-state index >= 15 is 0 Å². The molecule has 5 heteroatoms. The zero-order valence-electron chi connectivity index (χ0n) is 10.6. The van der Waals surface area contributed by atoms with Gasteiger partial charge >= 0.3 is 6.18 Å². The molecule has 2 nitrogen and oxygen atoms in total. The fourth-order valence-electron chi connectivity index (χ4n) is 2.14. The second-order valence-electron chi connectivity index (χ2n) is 5.52. The minimum absolute atomic E-state index is 0.0442. The molecule has 0 aromatic heterocycles. The van der Waals surface area contributed by atoms with Crippen LogP contribution in [0.4, 0.5) is 13.2 Å². The summed E-state index contributed by atoms with van der Waals surface area (Å²) >= 11 is 0. The van der Waals surface area contributed by atoms with Gasteiger partial charge in [-0.25, -0.2) is 0 Å². The van der Waals surface area contributed by atoms with E-state index in [1.54, 1.807) is 0 Å². The zero-order valence-corrected chi connectivity index (χ0v) is 10.6. The third-order valence-electron chi connectivity index (χ3n) is 3.25. The first-order chi connectivity index (χ1) is 7.66. The van der Waals surface area contributed by atoms with Gasteiger partial charge in [0, 0.05) is 19.6 Å². The van der Waals surface area contributed by atoms with Gasteiger partial charge < -0.3 is 5.73 Å². The monoisotopic (exact) mass is 250 g/mol. The van der Waals surface area contributed by atoms with Crippen molar-refractivity contribution in [2.45, 2.75) is 39.4 Å². The van der Waals surface area contributed by atoms with Crippen LogP contribution < -0.4 is 5.73 Å². The Kier molecular flexibility index (Phi) is 4.25. The minimum Gasteiger partial charge on any atom is -0.329 e. The van der Waals surface area contributed by atoms with Crippen LogP contribution in [0.25, 0.3) is 0 Å². The molecule has 100 valence electrons. The summed E-state index contributed by atoms with van der Waals surface area (Å²) in [5.74, 6) is 0. The van der Waals surface area contributed by atoms with Crippen LogP contribution in [0, 0.1) is 5.41 Å². The number of hydrogen-bond donors (Lipinski definition) is 1. The topological polar surface area (TPSA) is 29.3 Å². The van der Waals surface area contributed by atoms with Gasteiger partial charge in [-0.05, 0) is 11.8 Å². The van der Waals surface area contributed by atoms with Gasteiger partial charge in [0.15, 0.2) is 0 Å². The number of nitrogens with zero attached hydrogens (tertiary/aromatic N) is 1. The van der Waals surface area contributed by atoms with Crippen molar-refractivity contribution in [3.8, 4) is 0 Å². The molecule has 1 aliphatic rings. The molecule has 0 spiro atoms. The number of halogens is 3. The van der Waals surface area contributed by atoms with Crippen LogP contribution >= 0.6 is 0 Å². The number of nitrogens with two attached hydrogens (primary N) is 1. The Labute approximate surface area is 101 Å². The second kappa shape index (κ2) is 4.98. The molecule has 1 atom stereocenters. The molecular weight excluding hydrogens is 229 g/mol. The molecule has 0 fully saturated rings. The fourth-order valence-corrected chi connectivity index (χ4v) is 2.14. The summed E-state index contributed by atoms with van der Waals surface area (Å²) in [6.07, 6.45) is -1.63. The number of rotatable bonds is 2. The Morgan fingerprint density at radius 3 is 2.24 bits per heavy atom. The van der Waals surface area contributed by atoms with E-state index in [-0.39, 0.29) is 12.0 Å². The minimum atomic E-state index is -4.23. The predicted molar refractivity (Wildman–Crippen MR) is 62.6 cm³/mol. The molecule has 0 amide bonds. The van der Waals surface area contributed by atoms with E-state index < -0.39 is 12.2 Å². The van der Waals surface area contributed by atoms with E-state index in [9.17, 15) is 13.2 Å². The van der Waals surface area contributed by atoms with Crippen LogP contribution in [0.1, 0.15) is 27.2 Å². The van der Waals surface area contributed by atoms with Crippen molar-refractivity contribution in [3.05, 3.63) is 11.6 Å². The van der Waals surface area contributed by atoms with Crippen LogP contribution in [-0.4, -0.2) is 36.8 Å². The Hall–Kier alpha value is -0.550. The molecule has 1 rings (SSSR count). The molecule has 2 N–H and O–H groups in total. The third kappa shape index (κ3) is 3.71. The quantitative estimate of drug-likeness (QED) is 0.763. The molecule has 1 aliphatic heterocycles.